The average molecular weight is 296 g/mol. The highest BCUT2D eigenvalue weighted by Gasteiger charge is 2.46. The summed E-state index contributed by atoms with van der Waals surface area (Å²) in [5, 5.41) is 3.28. The topological polar surface area (TPSA) is 50.8 Å². The summed E-state index contributed by atoms with van der Waals surface area (Å²) in [5.41, 5.74) is -0.490. The van der Waals surface area contributed by atoms with Gasteiger partial charge < -0.3 is 14.8 Å². The Morgan fingerprint density at radius 1 is 1.33 bits per heavy atom. The fourth-order valence-corrected chi connectivity index (χ4v) is 4.29. The monoisotopic (exact) mass is 296 g/mol. The molecule has 1 N–H and O–H groups in total. The molecule has 4 atom stereocenters. The number of fused-ring (bicyclic) bond motifs is 2. The maximum Gasteiger partial charge on any atom is 0.326 e. The highest BCUT2D eigenvalue weighted by atomic mass is 16.5. The summed E-state index contributed by atoms with van der Waals surface area (Å²) in [6.45, 7) is 4.39. The van der Waals surface area contributed by atoms with E-state index in [1.807, 2.05) is 14.0 Å². The number of ether oxygens (including phenoxy) is 2. The first-order valence-corrected chi connectivity index (χ1v) is 8.42. The van der Waals surface area contributed by atoms with Crippen LogP contribution in [0.15, 0.2) is 0 Å². The van der Waals surface area contributed by atoms with Gasteiger partial charge >= 0.3 is 5.97 Å². The fourth-order valence-electron chi connectivity index (χ4n) is 4.29. The van der Waals surface area contributed by atoms with Gasteiger partial charge in [-0.15, -0.1) is 0 Å². The van der Waals surface area contributed by atoms with Crippen LogP contribution in [0.1, 0.15) is 45.4 Å². The molecular weight excluding hydrogens is 268 g/mol. The van der Waals surface area contributed by atoms with Crippen LogP contribution in [0.25, 0.3) is 0 Å². The summed E-state index contributed by atoms with van der Waals surface area (Å²) in [7, 11) is 1.89. The molecule has 0 aromatic carbocycles. The maximum absolute atomic E-state index is 12.4. The number of rotatable bonds is 4. The summed E-state index contributed by atoms with van der Waals surface area (Å²) in [6.07, 6.45) is 7.23. The zero-order valence-electron chi connectivity index (χ0n) is 13.3. The van der Waals surface area contributed by atoms with Crippen molar-refractivity contribution in [3.8, 4) is 0 Å². The van der Waals surface area contributed by atoms with Gasteiger partial charge in [0, 0.05) is 19.1 Å². The van der Waals surface area contributed by atoms with Crippen LogP contribution in [-0.4, -0.2) is 61.4 Å². The molecule has 120 valence electrons. The zero-order valence-corrected chi connectivity index (χ0v) is 13.3. The summed E-state index contributed by atoms with van der Waals surface area (Å²) < 4.78 is 11.3. The summed E-state index contributed by atoms with van der Waals surface area (Å²) >= 11 is 0. The number of esters is 1. The average Bonchev–Trinajstić information content (AvgIpc) is 2.85. The third-order valence-electron chi connectivity index (χ3n) is 5.46. The van der Waals surface area contributed by atoms with Crippen molar-refractivity contribution in [3.05, 3.63) is 0 Å². The van der Waals surface area contributed by atoms with Crippen molar-refractivity contribution in [3.63, 3.8) is 0 Å². The van der Waals surface area contributed by atoms with Gasteiger partial charge in [0.25, 0.3) is 0 Å². The molecule has 0 radical (unpaired) electrons. The fraction of sp³-hybridized carbons (Fsp3) is 0.938. The standard InChI is InChI=1S/C16H28N2O3/c1-3-20-15(19)16(17-2)8-4-5-12(9-16)18-10-13-6-7-14(11-18)21-13/h12-14,17H,3-11H2,1-2H3. The third kappa shape index (κ3) is 2.96. The van der Waals surface area contributed by atoms with E-state index in [2.05, 4.69) is 10.2 Å². The quantitative estimate of drug-likeness (QED) is 0.793. The van der Waals surface area contributed by atoms with E-state index >= 15 is 0 Å². The molecule has 2 heterocycles. The van der Waals surface area contributed by atoms with Crippen LogP contribution in [0.4, 0.5) is 0 Å². The number of nitrogens with one attached hydrogen (secondary N) is 1. The van der Waals surface area contributed by atoms with Gasteiger partial charge in [0.05, 0.1) is 18.8 Å². The molecule has 0 amide bonds. The number of hydrogen-bond acceptors (Lipinski definition) is 5. The van der Waals surface area contributed by atoms with Gasteiger partial charge in [-0.3, -0.25) is 9.69 Å². The van der Waals surface area contributed by atoms with E-state index in [0.717, 1.165) is 32.4 Å². The van der Waals surface area contributed by atoms with Crippen LogP contribution in [0, 0.1) is 0 Å². The van der Waals surface area contributed by atoms with Crippen LogP contribution in [0.2, 0.25) is 0 Å². The first kappa shape index (κ1) is 15.3. The number of carbonyl (C=O) groups is 1. The second kappa shape index (κ2) is 6.23. The van der Waals surface area contributed by atoms with E-state index in [4.69, 9.17) is 9.47 Å². The molecule has 1 saturated carbocycles. The van der Waals surface area contributed by atoms with Gasteiger partial charge in [-0.05, 0) is 52.5 Å². The number of likely N-dealkylation sites (tertiary alicyclic amines) is 1. The van der Waals surface area contributed by atoms with E-state index in [-0.39, 0.29) is 5.97 Å². The lowest BCUT2D eigenvalue weighted by Gasteiger charge is -2.45. The van der Waals surface area contributed by atoms with Crippen LogP contribution in [-0.2, 0) is 14.3 Å². The van der Waals surface area contributed by atoms with Crippen molar-refractivity contribution in [2.45, 2.75) is 69.2 Å². The minimum Gasteiger partial charge on any atom is -0.465 e. The molecule has 5 heteroatoms. The highest BCUT2D eigenvalue weighted by molar-refractivity contribution is 5.81. The molecule has 3 fully saturated rings. The molecular formula is C16H28N2O3. The Bertz CT molecular complexity index is 378. The van der Waals surface area contributed by atoms with Gasteiger partial charge in [-0.2, -0.15) is 0 Å². The first-order chi connectivity index (χ1) is 10.2. The van der Waals surface area contributed by atoms with Crippen molar-refractivity contribution in [1.29, 1.82) is 0 Å². The van der Waals surface area contributed by atoms with Crippen molar-refractivity contribution < 1.29 is 14.3 Å². The number of morpholine rings is 1. The molecule has 2 bridgehead atoms. The lowest BCUT2D eigenvalue weighted by atomic mass is 9.78. The third-order valence-corrected chi connectivity index (χ3v) is 5.46. The largest absolute Gasteiger partial charge is 0.465 e. The van der Waals surface area contributed by atoms with Crippen molar-refractivity contribution in [1.82, 2.24) is 10.2 Å². The van der Waals surface area contributed by atoms with E-state index in [9.17, 15) is 4.79 Å². The lowest BCUT2D eigenvalue weighted by molar-refractivity contribution is -0.154. The van der Waals surface area contributed by atoms with E-state index < -0.39 is 5.54 Å². The second-order valence-electron chi connectivity index (χ2n) is 6.71. The molecule has 1 aliphatic carbocycles. The summed E-state index contributed by atoms with van der Waals surface area (Å²) in [6, 6.07) is 0.475. The molecule has 0 aromatic heterocycles. The van der Waals surface area contributed by atoms with E-state index in [0.29, 0.717) is 24.9 Å². The molecule has 5 nitrogen and oxygen atoms in total. The summed E-state index contributed by atoms with van der Waals surface area (Å²) in [5.74, 6) is -0.0755. The van der Waals surface area contributed by atoms with Gasteiger partial charge in [-0.1, -0.05) is 0 Å². The SMILES string of the molecule is CCOC(=O)C1(NC)CCCC(N2CC3CCC(C2)O3)C1. The lowest BCUT2D eigenvalue weighted by Crippen LogP contribution is -2.59. The Balaban J connectivity index is 1.68. The number of nitrogens with zero attached hydrogens (tertiary/aromatic N) is 1. The van der Waals surface area contributed by atoms with Gasteiger partial charge in [-0.25, -0.2) is 0 Å². The highest BCUT2D eigenvalue weighted by Crippen LogP contribution is 2.35. The Morgan fingerprint density at radius 2 is 2.05 bits per heavy atom. The Kier molecular flexibility index (Phi) is 4.52. The zero-order chi connectivity index (χ0) is 14.9. The normalized spacial score (nSPS) is 40.2. The van der Waals surface area contributed by atoms with Gasteiger partial charge in [0.2, 0.25) is 0 Å². The number of likely N-dealkylation sites (N-methyl/N-ethyl adjacent to an activating group) is 1. The minimum atomic E-state index is -0.490. The molecule has 3 rings (SSSR count). The molecule has 21 heavy (non-hydrogen) atoms. The van der Waals surface area contributed by atoms with Crippen LogP contribution < -0.4 is 5.32 Å². The summed E-state index contributed by atoms with van der Waals surface area (Å²) in [4.78, 5) is 15.0. The predicted octanol–water partition coefficient (Wildman–Crippen LogP) is 1.31. The van der Waals surface area contributed by atoms with Gasteiger partial charge in [0.1, 0.15) is 5.54 Å². The van der Waals surface area contributed by atoms with Crippen LogP contribution >= 0.6 is 0 Å². The number of carbonyl (C=O) groups excluding carboxylic acids is 1. The van der Waals surface area contributed by atoms with Crippen LogP contribution in [0.3, 0.4) is 0 Å². The van der Waals surface area contributed by atoms with Crippen LogP contribution in [0.5, 0.6) is 0 Å². The van der Waals surface area contributed by atoms with Crippen molar-refractivity contribution in [2.75, 3.05) is 26.7 Å². The molecule has 2 saturated heterocycles. The smallest absolute Gasteiger partial charge is 0.326 e. The molecule has 0 spiro atoms. The molecule has 0 aromatic rings. The number of hydrogen-bond donors (Lipinski definition) is 1. The molecule has 2 aliphatic heterocycles. The van der Waals surface area contributed by atoms with E-state index in [1.54, 1.807) is 0 Å². The predicted molar refractivity (Wildman–Crippen MR) is 80.1 cm³/mol. The Hall–Kier alpha value is -0.650. The Labute approximate surface area is 127 Å². The maximum atomic E-state index is 12.4. The van der Waals surface area contributed by atoms with Crippen molar-refractivity contribution in [2.24, 2.45) is 0 Å². The minimum absolute atomic E-state index is 0.0755. The second-order valence-corrected chi connectivity index (χ2v) is 6.71. The molecule has 4 unspecified atom stereocenters. The first-order valence-electron chi connectivity index (χ1n) is 8.42. The van der Waals surface area contributed by atoms with Gasteiger partial charge in [0.15, 0.2) is 0 Å². The Morgan fingerprint density at radius 3 is 2.67 bits per heavy atom. The van der Waals surface area contributed by atoms with Crippen molar-refractivity contribution >= 4 is 5.97 Å². The molecule has 3 aliphatic rings. The van der Waals surface area contributed by atoms with E-state index in [1.165, 1.54) is 19.3 Å².